The van der Waals surface area contributed by atoms with Crippen LogP contribution < -0.4 is 4.72 Å². The van der Waals surface area contributed by atoms with Crippen LogP contribution in [-0.2, 0) is 15.4 Å². The molecule has 0 bridgehead atoms. The molecule has 130 valence electrons. The van der Waals surface area contributed by atoms with E-state index in [1.165, 1.54) is 30.2 Å². The summed E-state index contributed by atoms with van der Waals surface area (Å²) in [6.45, 7) is 0. The van der Waals surface area contributed by atoms with Crippen molar-refractivity contribution in [3.05, 3.63) is 65.9 Å². The fourth-order valence-electron chi connectivity index (χ4n) is 4.28. The average Bonchev–Trinajstić information content (AvgIpc) is 3.22. The predicted octanol–water partition coefficient (Wildman–Crippen LogP) is 4.40. The van der Waals surface area contributed by atoms with E-state index in [9.17, 15) is 8.42 Å². The van der Waals surface area contributed by atoms with Gasteiger partial charge >= 0.3 is 0 Å². The maximum atomic E-state index is 11.7. The largest absolute Gasteiger partial charge is 0.359 e. The zero-order valence-electron chi connectivity index (χ0n) is 14.2. The summed E-state index contributed by atoms with van der Waals surface area (Å²) in [5.41, 5.74) is 4.07. The van der Waals surface area contributed by atoms with Crippen molar-refractivity contribution in [2.75, 3.05) is 11.0 Å². The molecule has 1 fully saturated rings. The minimum Gasteiger partial charge on any atom is -0.359 e. The Hall–Kier alpha value is -2.27. The highest BCUT2D eigenvalue weighted by Gasteiger charge is 2.39. The summed E-state index contributed by atoms with van der Waals surface area (Å²) in [7, 11) is -3.32. The number of benzene rings is 2. The summed E-state index contributed by atoms with van der Waals surface area (Å²) >= 11 is 0. The van der Waals surface area contributed by atoms with E-state index in [0.717, 1.165) is 23.7 Å². The summed E-state index contributed by atoms with van der Waals surface area (Å²) in [5, 5.41) is 1.10. The first-order chi connectivity index (χ1) is 12.0. The van der Waals surface area contributed by atoms with Gasteiger partial charge < -0.3 is 4.98 Å². The van der Waals surface area contributed by atoms with Crippen molar-refractivity contribution in [1.82, 2.24) is 4.98 Å². The van der Waals surface area contributed by atoms with Crippen LogP contribution in [0.4, 0.5) is 5.69 Å². The first-order valence-electron chi connectivity index (χ1n) is 8.63. The van der Waals surface area contributed by atoms with Crippen LogP contribution in [0.25, 0.3) is 10.9 Å². The van der Waals surface area contributed by atoms with Crippen LogP contribution in [0.15, 0.2) is 54.7 Å². The van der Waals surface area contributed by atoms with Crippen LogP contribution in [0, 0.1) is 0 Å². The Kier molecular flexibility index (Phi) is 3.84. The van der Waals surface area contributed by atoms with E-state index in [2.05, 4.69) is 52.3 Å². The fraction of sp³-hybridized carbons (Fsp3) is 0.300. The molecule has 1 aliphatic carbocycles. The van der Waals surface area contributed by atoms with Gasteiger partial charge in [-0.2, -0.15) is 0 Å². The molecule has 2 aromatic carbocycles. The van der Waals surface area contributed by atoms with E-state index in [1.807, 2.05) is 6.07 Å². The van der Waals surface area contributed by atoms with Gasteiger partial charge in [0.05, 0.1) is 17.5 Å². The van der Waals surface area contributed by atoms with Crippen molar-refractivity contribution in [3.63, 3.8) is 0 Å². The van der Waals surface area contributed by atoms with Gasteiger partial charge in [-0.05, 0) is 30.0 Å². The SMILES string of the molecule is CS(=O)(=O)Nc1cccc2c(C3(c4ccccc4)CCCC3)c[nH]c12. The van der Waals surface area contributed by atoms with Crippen LogP contribution in [0.3, 0.4) is 0 Å². The van der Waals surface area contributed by atoms with Crippen molar-refractivity contribution >= 4 is 26.6 Å². The van der Waals surface area contributed by atoms with Crippen LogP contribution >= 0.6 is 0 Å². The maximum Gasteiger partial charge on any atom is 0.229 e. The van der Waals surface area contributed by atoms with Gasteiger partial charge in [0.15, 0.2) is 0 Å². The fourth-order valence-corrected chi connectivity index (χ4v) is 4.85. The zero-order valence-corrected chi connectivity index (χ0v) is 15.1. The lowest BCUT2D eigenvalue weighted by Gasteiger charge is -2.30. The third-order valence-corrected chi connectivity index (χ3v) is 5.90. The second-order valence-corrected chi connectivity index (χ2v) is 8.71. The van der Waals surface area contributed by atoms with Gasteiger partial charge in [-0.25, -0.2) is 8.42 Å². The van der Waals surface area contributed by atoms with Crippen molar-refractivity contribution in [3.8, 4) is 0 Å². The number of H-pyrrole nitrogens is 1. The minimum absolute atomic E-state index is 0.00320. The Balaban J connectivity index is 1.90. The smallest absolute Gasteiger partial charge is 0.229 e. The number of fused-ring (bicyclic) bond motifs is 1. The molecule has 3 aromatic rings. The van der Waals surface area contributed by atoms with Gasteiger partial charge in [0.1, 0.15) is 0 Å². The highest BCUT2D eigenvalue weighted by Crippen LogP contribution is 2.49. The zero-order chi connectivity index (χ0) is 17.5. The van der Waals surface area contributed by atoms with E-state index >= 15 is 0 Å². The van der Waals surface area contributed by atoms with Crippen LogP contribution in [0.2, 0.25) is 0 Å². The number of para-hydroxylation sites is 1. The molecule has 25 heavy (non-hydrogen) atoms. The highest BCUT2D eigenvalue weighted by atomic mass is 32.2. The van der Waals surface area contributed by atoms with Crippen LogP contribution in [-0.4, -0.2) is 19.7 Å². The van der Waals surface area contributed by atoms with Crippen LogP contribution in [0.5, 0.6) is 0 Å². The molecule has 0 radical (unpaired) electrons. The normalized spacial score (nSPS) is 17.0. The Bertz CT molecular complexity index is 1000. The number of rotatable bonds is 4. The predicted molar refractivity (Wildman–Crippen MR) is 102 cm³/mol. The highest BCUT2D eigenvalue weighted by molar-refractivity contribution is 7.92. The third kappa shape index (κ3) is 2.82. The Morgan fingerprint density at radius 3 is 2.40 bits per heavy atom. The van der Waals surface area contributed by atoms with E-state index in [-0.39, 0.29) is 5.41 Å². The Labute approximate surface area is 148 Å². The van der Waals surface area contributed by atoms with Crippen molar-refractivity contribution in [2.24, 2.45) is 0 Å². The average molecular weight is 354 g/mol. The van der Waals surface area contributed by atoms with Crippen molar-refractivity contribution in [1.29, 1.82) is 0 Å². The molecule has 0 spiro atoms. The second-order valence-electron chi connectivity index (χ2n) is 6.96. The van der Waals surface area contributed by atoms with Gasteiger partial charge in [-0.15, -0.1) is 0 Å². The summed E-state index contributed by atoms with van der Waals surface area (Å²) < 4.78 is 26.0. The lowest BCUT2D eigenvalue weighted by atomic mass is 9.73. The molecular formula is C20H22N2O2S. The number of hydrogen-bond acceptors (Lipinski definition) is 2. The van der Waals surface area contributed by atoms with E-state index in [1.54, 1.807) is 6.07 Å². The molecule has 0 saturated heterocycles. The second kappa shape index (κ2) is 5.92. The number of aromatic nitrogens is 1. The third-order valence-electron chi connectivity index (χ3n) is 5.31. The molecular weight excluding hydrogens is 332 g/mol. The molecule has 5 heteroatoms. The molecule has 4 rings (SSSR count). The molecule has 0 unspecified atom stereocenters. The molecule has 0 aliphatic heterocycles. The van der Waals surface area contributed by atoms with Gasteiger partial charge in [-0.3, -0.25) is 4.72 Å². The van der Waals surface area contributed by atoms with Gasteiger partial charge in [0, 0.05) is 17.0 Å². The Morgan fingerprint density at radius 1 is 1.00 bits per heavy atom. The monoisotopic (exact) mass is 354 g/mol. The Morgan fingerprint density at radius 2 is 1.72 bits per heavy atom. The van der Waals surface area contributed by atoms with Gasteiger partial charge in [0.25, 0.3) is 0 Å². The van der Waals surface area contributed by atoms with Gasteiger partial charge in [0.2, 0.25) is 10.0 Å². The first kappa shape index (κ1) is 16.2. The van der Waals surface area contributed by atoms with Crippen molar-refractivity contribution in [2.45, 2.75) is 31.1 Å². The molecule has 0 atom stereocenters. The topological polar surface area (TPSA) is 62.0 Å². The molecule has 1 heterocycles. The summed E-state index contributed by atoms with van der Waals surface area (Å²) in [6.07, 6.45) is 7.90. The molecule has 4 nitrogen and oxygen atoms in total. The number of hydrogen-bond donors (Lipinski definition) is 2. The standard InChI is InChI=1S/C20H22N2O2S/c1-25(23,24)22-18-11-7-10-16-17(14-21-19(16)18)20(12-5-6-13-20)15-8-3-2-4-9-15/h2-4,7-11,14,21-22H,5-6,12-13H2,1H3. The number of nitrogens with one attached hydrogen (secondary N) is 2. The van der Waals surface area contributed by atoms with Gasteiger partial charge in [-0.1, -0.05) is 55.3 Å². The molecule has 1 saturated carbocycles. The lowest BCUT2D eigenvalue weighted by Crippen LogP contribution is -2.23. The minimum atomic E-state index is -3.32. The summed E-state index contributed by atoms with van der Waals surface area (Å²) in [5.74, 6) is 0. The molecule has 0 amide bonds. The maximum absolute atomic E-state index is 11.7. The molecule has 1 aromatic heterocycles. The molecule has 1 aliphatic rings. The summed E-state index contributed by atoms with van der Waals surface area (Å²) in [4.78, 5) is 3.32. The lowest BCUT2D eigenvalue weighted by molar-refractivity contribution is 0.540. The quantitative estimate of drug-likeness (QED) is 0.729. The number of sulfonamides is 1. The first-order valence-corrected chi connectivity index (χ1v) is 10.5. The number of anilines is 1. The van der Waals surface area contributed by atoms with Crippen LogP contribution in [0.1, 0.15) is 36.8 Å². The van der Waals surface area contributed by atoms with E-state index in [0.29, 0.717) is 5.69 Å². The molecule has 2 N–H and O–H groups in total. The number of aromatic amines is 1. The summed E-state index contributed by atoms with van der Waals surface area (Å²) in [6, 6.07) is 16.5. The van der Waals surface area contributed by atoms with E-state index < -0.39 is 10.0 Å². The van der Waals surface area contributed by atoms with E-state index in [4.69, 9.17) is 0 Å². The van der Waals surface area contributed by atoms with Crippen molar-refractivity contribution < 1.29 is 8.42 Å².